The number of benzene rings is 1. The van der Waals surface area contributed by atoms with Gasteiger partial charge in [-0.1, -0.05) is 19.9 Å². The number of hydrogen-bond donors (Lipinski definition) is 1. The van der Waals surface area contributed by atoms with Gasteiger partial charge in [0.2, 0.25) is 5.91 Å². The highest BCUT2D eigenvalue weighted by Crippen LogP contribution is 2.25. The number of amides is 1. The predicted octanol–water partition coefficient (Wildman–Crippen LogP) is 2.81. The van der Waals surface area contributed by atoms with E-state index in [1.165, 1.54) is 11.1 Å². The zero-order chi connectivity index (χ0) is 14.7. The van der Waals surface area contributed by atoms with Crippen LogP contribution in [-0.2, 0) is 4.79 Å². The first-order valence-corrected chi connectivity index (χ1v) is 6.85. The summed E-state index contributed by atoms with van der Waals surface area (Å²) in [7, 11) is 1.84. The Labute approximate surface area is 116 Å². The van der Waals surface area contributed by atoms with Crippen molar-refractivity contribution in [2.45, 2.75) is 34.6 Å². The fraction of sp³-hybridized carbons (Fsp3) is 0.562. The van der Waals surface area contributed by atoms with Crippen molar-refractivity contribution in [3.05, 3.63) is 28.8 Å². The third kappa shape index (κ3) is 3.35. The zero-order valence-electron chi connectivity index (χ0n) is 12.9. The van der Waals surface area contributed by atoms with Crippen molar-refractivity contribution in [3.63, 3.8) is 0 Å². The van der Waals surface area contributed by atoms with Crippen molar-refractivity contribution in [1.82, 2.24) is 0 Å². The molecule has 0 radical (unpaired) electrons. The normalized spacial score (nSPS) is 12.6. The van der Waals surface area contributed by atoms with Crippen LogP contribution in [0.15, 0.2) is 12.1 Å². The molecule has 1 aromatic rings. The third-order valence-electron chi connectivity index (χ3n) is 3.88. The van der Waals surface area contributed by atoms with Crippen molar-refractivity contribution in [2.75, 3.05) is 18.5 Å². The molecule has 0 heterocycles. The van der Waals surface area contributed by atoms with E-state index in [2.05, 4.69) is 26.0 Å². The Morgan fingerprint density at radius 1 is 1.16 bits per heavy atom. The molecule has 1 atom stereocenters. The molecule has 0 saturated heterocycles. The number of carbonyl (C=O) groups excluding carboxylic acids is 1. The second-order valence-electron chi connectivity index (χ2n) is 5.71. The summed E-state index contributed by atoms with van der Waals surface area (Å²) in [5.41, 5.74) is 10.3. The van der Waals surface area contributed by atoms with E-state index in [4.69, 9.17) is 5.73 Å². The fourth-order valence-electron chi connectivity index (χ4n) is 2.33. The van der Waals surface area contributed by atoms with Crippen LogP contribution in [0, 0.1) is 32.6 Å². The lowest BCUT2D eigenvalue weighted by Gasteiger charge is -2.27. The monoisotopic (exact) mass is 262 g/mol. The second kappa shape index (κ2) is 6.20. The molecular formula is C16H26N2O. The summed E-state index contributed by atoms with van der Waals surface area (Å²) >= 11 is 0. The summed E-state index contributed by atoms with van der Waals surface area (Å²) in [4.78, 5) is 14.3. The fourth-order valence-corrected chi connectivity index (χ4v) is 2.33. The molecule has 0 aliphatic heterocycles. The standard InChI is InChI=1S/C16H26N2O/c1-10(2)14(9-17)16(19)18(6)15-8-12(4)11(3)7-13(15)5/h7-8,10,14H,9,17H2,1-6H3. The Bertz CT molecular complexity index is 466. The molecule has 3 heteroatoms. The molecule has 1 aromatic carbocycles. The maximum Gasteiger partial charge on any atom is 0.231 e. The van der Waals surface area contributed by atoms with E-state index < -0.39 is 0 Å². The van der Waals surface area contributed by atoms with Crippen LogP contribution in [0.1, 0.15) is 30.5 Å². The Morgan fingerprint density at radius 3 is 2.16 bits per heavy atom. The van der Waals surface area contributed by atoms with Crippen LogP contribution in [-0.4, -0.2) is 19.5 Å². The largest absolute Gasteiger partial charge is 0.330 e. The number of anilines is 1. The molecular weight excluding hydrogens is 236 g/mol. The van der Waals surface area contributed by atoms with Gasteiger partial charge in [-0.3, -0.25) is 4.79 Å². The summed E-state index contributed by atoms with van der Waals surface area (Å²) in [6, 6.07) is 4.21. The molecule has 0 aromatic heterocycles. The molecule has 0 bridgehead atoms. The molecule has 0 spiro atoms. The highest BCUT2D eigenvalue weighted by molar-refractivity contribution is 5.95. The maximum absolute atomic E-state index is 12.5. The van der Waals surface area contributed by atoms with Crippen LogP contribution in [0.2, 0.25) is 0 Å². The van der Waals surface area contributed by atoms with Gasteiger partial charge in [0.05, 0.1) is 5.92 Å². The van der Waals surface area contributed by atoms with Crippen molar-refractivity contribution in [1.29, 1.82) is 0 Å². The van der Waals surface area contributed by atoms with Crippen LogP contribution in [0.5, 0.6) is 0 Å². The summed E-state index contributed by atoms with van der Waals surface area (Å²) in [5, 5.41) is 0. The number of carbonyl (C=O) groups is 1. The van der Waals surface area contributed by atoms with Gasteiger partial charge in [-0.05, 0) is 49.4 Å². The van der Waals surface area contributed by atoms with Gasteiger partial charge in [-0.2, -0.15) is 0 Å². The number of nitrogens with zero attached hydrogens (tertiary/aromatic N) is 1. The summed E-state index contributed by atoms with van der Waals surface area (Å²) < 4.78 is 0. The summed E-state index contributed by atoms with van der Waals surface area (Å²) in [5.74, 6) is 0.238. The smallest absolute Gasteiger partial charge is 0.231 e. The van der Waals surface area contributed by atoms with E-state index in [0.717, 1.165) is 11.3 Å². The van der Waals surface area contributed by atoms with E-state index in [9.17, 15) is 4.79 Å². The average Bonchev–Trinajstić information content (AvgIpc) is 2.33. The van der Waals surface area contributed by atoms with Gasteiger partial charge in [0.25, 0.3) is 0 Å². The Morgan fingerprint density at radius 2 is 1.68 bits per heavy atom. The Hall–Kier alpha value is -1.35. The quantitative estimate of drug-likeness (QED) is 0.907. The lowest BCUT2D eigenvalue weighted by Crippen LogP contribution is -2.39. The Kier molecular flexibility index (Phi) is 5.12. The van der Waals surface area contributed by atoms with Gasteiger partial charge < -0.3 is 10.6 Å². The molecule has 19 heavy (non-hydrogen) atoms. The van der Waals surface area contributed by atoms with Crippen molar-refractivity contribution < 1.29 is 4.79 Å². The molecule has 1 rings (SSSR count). The molecule has 1 unspecified atom stereocenters. The van der Waals surface area contributed by atoms with Gasteiger partial charge in [0, 0.05) is 19.3 Å². The van der Waals surface area contributed by atoms with Crippen LogP contribution in [0.25, 0.3) is 0 Å². The number of rotatable bonds is 4. The average molecular weight is 262 g/mol. The van der Waals surface area contributed by atoms with E-state index in [-0.39, 0.29) is 17.7 Å². The zero-order valence-corrected chi connectivity index (χ0v) is 12.9. The molecule has 0 aliphatic carbocycles. The van der Waals surface area contributed by atoms with Gasteiger partial charge in [-0.25, -0.2) is 0 Å². The molecule has 3 nitrogen and oxygen atoms in total. The van der Waals surface area contributed by atoms with Crippen molar-refractivity contribution >= 4 is 11.6 Å². The van der Waals surface area contributed by atoms with Crippen LogP contribution in [0.4, 0.5) is 5.69 Å². The first-order chi connectivity index (χ1) is 8.79. The lowest BCUT2D eigenvalue weighted by molar-refractivity contribution is -0.123. The van der Waals surface area contributed by atoms with Crippen molar-refractivity contribution in [3.8, 4) is 0 Å². The van der Waals surface area contributed by atoms with Gasteiger partial charge in [-0.15, -0.1) is 0 Å². The van der Waals surface area contributed by atoms with E-state index >= 15 is 0 Å². The van der Waals surface area contributed by atoms with E-state index in [0.29, 0.717) is 6.54 Å². The lowest BCUT2D eigenvalue weighted by atomic mass is 9.94. The SMILES string of the molecule is Cc1cc(C)c(N(C)C(=O)C(CN)C(C)C)cc1C. The number of hydrogen-bond acceptors (Lipinski definition) is 2. The highest BCUT2D eigenvalue weighted by atomic mass is 16.2. The molecule has 106 valence electrons. The minimum Gasteiger partial charge on any atom is -0.330 e. The summed E-state index contributed by atoms with van der Waals surface area (Å²) in [6.45, 7) is 10.7. The second-order valence-corrected chi connectivity index (χ2v) is 5.71. The first kappa shape index (κ1) is 15.7. The van der Waals surface area contributed by atoms with Gasteiger partial charge in [0.15, 0.2) is 0 Å². The topological polar surface area (TPSA) is 46.3 Å². The maximum atomic E-state index is 12.5. The molecule has 0 fully saturated rings. The molecule has 0 aliphatic rings. The third-order valence-corrected chi connectivity index (χ3v) is 3.88. The van der Waals surface area contributed by atoms with Crippen LogP contribution in [0.3, 0.4) is 0 Å². The van der Waals surface area contributed by atoms with Gasteiger partial charge in [0.1, 0.15) is 0 Å². The Balaban J connectivity index is 3.09. The molecule has 0 saturated carbocycles. The van der Waals surface area contributed by atoms with Crippen LogP contribution < -0.4 is 10.6 Å². The number of aryl methyl sites for hydroxylation is 3. The molecule has 2 N–H and O–H groups in total. The minimum absolute atomic E-state index is 0.101. The minimum atomic E-state index is -0.119. The first-order valence-electron chi connectivity index (χ1n) is 6.85. The number of nitrogens with two attached hydrogens (primary N) is 1. The van der Waals surface area contributed by atoms with Crippen molar-refractivity contribution in [2.24, 2.45) is 17.6 Å². The predicted molar refractivity (Wildman–Crippen MR) is 81.4 cm³/mol. The highest BCUT2D eigenvalue weighted by Gasteiger charge is 2.25. The van der Waals surface area contributed by atoms with Gasteiger partial charge >= 0.3 is 0 Å². The van der Waals surface area contributed by atoms with E-state index in [1.54, 1.807) is 4.90 Å². The molecule has 1 amide bonds. The van der Waals surface area contributed by atoms with E-state index in [1.807, 2.05) is 27.8 Å². The van der Waals surface area contributed by atoms with Crippen LogP contribution >= 0.6 is 0 Å². The summed E-state index contributed by atoms with van der Waals surface area (Å²) in [6.07, 6.45) is 0.